The molecule has 0 radical (unpaired) electrons. The van der Waals surface area contributed by atoms with E-state index in [4.69, 9.17) is 4.74 Å². The molecule has 0 N–H and O–H groups in total. The highest BCUT2D eigenvalue weighted by molar-refractivity contribution is 5.87. The molecule has 2 heterocycles. The normalized spacial score (nSPS) is 11.7. The maximum atomic E-state index is 12.9. The Kier molecular flexibility index (Phi) is 3.70. The van der Waals surface area contributed by atoms with E-state index in [2.05, 4.69) is 15.1 Å². The lowest BCUT2D eigenvalue weighted by Gasteiger charge is -2.11. The Hall–Kier alpha value is -2.97. The number of para-hydroxylation sites is 1. The Balaban J connectivity index is 1.96. The van der Waals surface area contributed by atoms with Gasteiger partial charge < -0.3 is 4.74 Å². The van der Waals surface area contributed by atoms with Crippen LogP contribution in [0.5, 0.6) is 5.75 Å². The summed E-state index contributed by atoms with van der Waals surface area (Å²) in [7, 11) is 0. The molecule has 0 bridgehead atoms. The summed E-state index contributed by atoms with van der Waals surface area (Å²) in [6.07, 6.45) is -4.64. The number of fused-ring (bicyclic) bond motifs is 1. The monoisotopic (exact) mass is 336 g/mol. The fourth-order valence-electron chi connectivity index (χ4n) is 2.19. The number of aryl methyl sites for hydroxylation is 2. The highest BCUT2D eigenvalue weighted by atomic mass is 19.4. The Morgan fingerprint density at radius 2 is 1.88 bits per heavy atom. The number of hydrogen-bond donors (Lipinski definition) is 0. The highest BCUT2D eigenvalue weighted by Crippen LogP contribution is 2.36. The van der Waals surface area contributed by atoms with E-state index in [0.29, 0.717) is 11.4 Å². The van der Waals surface area contributed by atoms with Crippen molar-refractivity contribution in [2.75, 3.05) is 0 Å². The van der Waals surface area contributed by atoms with Gasteiger partial charge >= 0.3 is 12.1 Å². The minimum Gasteiger partial charge on any atom is -0.420 e. The molecule has 124 valence electrons. The number of carbonyl (C=O) groups excluding carboxylic acids is 1. The van der Waals surface area contributed by atoms with Crippen molar-refractivity contribution >= 4 is 11.7 Å². The third-order valence-electron chi connectivity index (χ3n) is 3.20. The molecule has 0 saturated carbocycles. The minimum atomic E-state index is -4.64. The van der Waals surface area contributed by atoms with Crippen LogP contribution in [0.2, 0.25) is 0 Å². The van der Waals surface area contributed by atoms with Gasteiger partial charge in [0.15, 0.2) is 0 Å². The number of nitrogens with zero attached hydrogens (tertiary/aromatic N) is 4. The van der Waals surface area contributed by atoms with Gasteiger partial charge in [0.1, 0.15) is 5.75 Å². The molecule has 0 saturated heterocycles. The summed E-state index contributed by atoms with van der Waals surface area (Å²) >= 11 is 0. The van der Waals surface area contributed by atoms with E-state index in [1.54, 1.807) is 19.9 Å². The van der Waals surface area contributed by atoms with Crippen molar-refractivity contribution in [2.45, 2.75) is 20.0 Å². The smallest absolute Gasteiger partial charge is 0.419 e. The van der Waals surface area contributed by atoms with Crippen LogP contribution in [0.1, 0.15) is 27.6 Å². The highest BCUT2D eigenvalue weighted by Gasteiger charge is 2.35. The van der Waals surface area contributed by atoms with Crippen LogP contribution >= 0.6 is 0 Å². The van der Waals surface area contributed by atoms with Gasteiger partial charge in [-0.15, -0.1) is 5.10 Å². The van der Waals surface area contributed by atoms with Gasteiger partial charge in [0.25, 0.3) is 11.6 Å². The van der Waals surface area contributed by atoms with Crippen LogP contribution < -0.4 is 4.74 Å². The van der Waals surface area contributed by atoms with Crippen molar-refractivity contribution in [2.24, 2.45) is 0 Å². The van der Waals surface area contributed by atoms with Crippen molar-refractivity contribution in [3.63, 3.8) is 0 Å². The molecule has 0 unspecified atom stereocenters. The van der Waals surface area contributed by atoms with Gasteiger partial charge in [0, 0.05) is 11.4 Å². The molecule has 0 fully saturated rings. The molecular formula is C15H11F3N4O2. The molecular weight excluding hydrogens is 325 g/mol. The molecule has 0 spiro atoms. The Labute approximate surface area is 133 Å². The summed E-state index contributed by atoms with van der Waals surface area (Å²) < 4.78 is 44.9. The first-order valence-corrected chi connectivity index (χ1v) is 6.85. The Morgan fingerprint density at radius 3 is 2.58 bits per heavy atom. The zero-order valence-electron chi connectivity index (χ0n) is 12.6. The predicted molar refractivity (Wildman–Crippen MR) is 76.7 cm³/mol. The molecule has 24 heavy (non-hydrogen) atoms. The summed E-state index contributed by atoms with van der Waals surface area (Å²) in [4.78, 5) is 20.1. The number of alkyl halides is 3. The van der Waals surface area contributed by atoms with Crippen LogP contribution in [0.3, 0.4) is 0 Å². The minimum absolute atomic E-state index is 0.170. The molecule has 0 aliphatic heterocycles. The molecule has 6 nitrogen and oxygen atoms in total. The van der Waals surface area contributed by atoms with Crippen molar-refractivity contribution in [3.8, 4) is 5.75 Å². The first kappa shape index (κ1) is 15.9. The lowest BCUT2D eigenvalue weighted by molar-refractivity contribution is -0.138. The molecule has 3 aromatic rings. The van der Waals surface area contributed by atoms with Crippen LogP contribution in [0, 0.1) is 13.8 Å². The maximum absolute atomic E-state index is 12.9. The Morgan fingerprint density at radius 1 is 1.17 bits per heavy atom. The van der Waals surface area contributed by atoms with Gasteiger partial charge in [-0.25, -0.2) is 14.3 Å². The van der Waals surface area contributed by atoms with Crippen LogP contribution in [0.15, 0.2) is 30.3 Å². The lowest BCUT2D eigenvalue weighted by atomic mass is 10.2. The summed E-state index contributed by atoms with van der Waals surface area (Å²) in [6.45, 7) is 3.49. The lowest BCUT2D eigenvalue weighted by Crippen LogP contribution is -2.15. The molecule has 3 rings (SSSR count). The van der Waals surface area contributed by atoms with Gasteiger partial charge in [0.05, 0.1) is 5.56 Å². The van der Waals surface area contributed by atoms with E-state index in [9.17, 15) is 18.0 Å². The van der Waals surface area contributed by atoms with E-state index < -0.39 is 23.5 Å². The fraction of sp³-hybridized carbons (Fsp3) is 0.200. The summed E-state index contributed by atoms with van der Waals surface area (Å²) in [5.41, 5.74) is 0.307. The van der Waals surface area contributed by atoms with Crippen LogP contribution in [0.25, 0.3) is 5.78 Å². The quantitative estimate of drug-likeness (QED) is 0.531. The second kappa shape index (κ2) is 5.59. The fourth-order valence-corrected chi connectivity index (χ4v) is 2.19. The molecule has 0 aliphatic carbocycles. The second-order valence-electron chi connectivity index (χ2n) is 5.07. The average molecular weight is 336 g/mol. The summed E-state index contributed by atoms with van der Waals surface area (Å²) in [5, 5.41) is 3.93. The van der Waals surface area contributed by atoms with Crippen molar-refractivity contribution in [1.29, 1.82) is 0 Å². The van der Waals surface area contributed by atoms with E-state index in [-0.39, 0.29) is 11.6 Å². The topological polar surface area (TPSA) is 69.4 Å². The van der Waals surface area contributed by atoms with Crippen LogP contribution in [0.4, 0.5) is 13.2 Å². The first-order chi connectivity index (χ1) is 11.3. The predicted octanol–water partition coefficient (Wildman–Crippen LogP) is 2.98. The molecule has 9 heteroatoms. The van der Waals surface area contributed by atoms with Gasteiger partial charge in [0.2, 0.25) is 0 Å². The van der Waals surface area contributed by atoms with Crippen molar-refractivity contribution in [1.82, 2.24) is 19.6 Å². The second-order valence-corrected chi connectivity index (χ2v) is 5.07. The SMILES string of the molecule is Cc1cc(C)n2nc(C(=O)Oc3ccccc3C(F)(F)F)nc2n1. The van der Waals surface area contributed by atoms with Crippen LogP contribution in [-0.4, -0.2) is 25.6 Å². The van der Waals surface area contributed by atoms with E-state index in [1.165, 1.54) is 16.6 Å². The first-order valence-electron chi connectivity index (χ1n) is 6.85. The standard InChI is InChI=1S/C15H11F3N4O2/c1-8-7-9(2)22-14(19-8)20-12(21-22)13(23)24-11-6-4-3-5-10(11)15(16,17)18/h3-7H,1-2H3. The molecule has 0 atom stereocenters. The maximum Gasteiger partial charge on any atom is 0.419 e. The number of halogens is 3. The Bertz CT molecular complexity index is 934. The third-order valence-corrected chi connectivity index (χ3v) is 3.20. The van der Waals surface area contributed by atoms with E-state index in [1.807, 2.05) is 0 Å². The van der Waals surface area contributed by atoms with Gasteiger partial charge in [-0.05, 0) is 32.0 Å². The van der Waals surface area contributed by atoms with Gasteiger partial charge in [-0.2, -0.15) is 18.2 Å². The number of esters is 1. The van der Waals surface area contributed by atoms with E-state index >= 15 is 0 Å². The number of ether oxygens (including phenoxy) is 1. The van der Waals surface area contributed by atoms with Crippen molar-refractivity contribution < 1.29 is 22.7 Å². The largest absolute Gasteiger partial charge is 0.420 e. The number of carbonyl (C=O) groups is 1. The zero-order valence-corrected chi connectivity index (χ0v) is 12.6. The number of hydrogen-bond acceptors (Lipinski definition) is 5. The van der Waals surface area contributed by atoms with Gasteiger partial charge in [-0.3, -0.25) is 0 Å². The molecule has 0 amide bonds. The average Bonchev–Trinajstić information content (AvgIpc) is 2.91. The summed E-state index contributed by atoms with van der Waals surface area (Å²) in [5.74, 6) is -1.89. The third kappa shape index (κ3) is 2.92. The molecule has 1 aromatic carbocycles. The summed E-state index contributed by atoms with van der Waals surface area (Å²) in [6, 6.07) is 6.16. The van der Waals surface area contributed by atoms with E-state index in [0.717, 1.165) is 12.1 Å². The van der Waals surface area contributed by atoms with Crippen LogP contribution in [-0.2, 0) is 6.18 Å². The van der Waals surface area contributed by atoms with Crippen molar-refractivity contribution in [3.05, 3.63) is 53.1 Å². The number of rotatable bonds is 2. The molecule has 2 aromatic heterocycles. The van der Waals surface area contributed by atoms with Gasteiger partial charge in [-0.1, -0.05) is 12.1 Å². The number of benzene rings is 1. The molecule has 0 aliphatic rings. The number of aromatic nitrogens is 4. The zero-order chi connectivity index (χ0) is 17.5.